The average molecular weight is 409 g/mol. The normalized spacial score (nSPS) is 15.1. The number of thioether (sulfide) groups is 1. The summed E-state index contributed by atoms with van der Waals surface area (Å²) in [6, 6.07) is 13.7. The number of nitrogens with zero attached hydrogens (tertiary/aromatic N) is 3. The van der Waals surface area contributed by atoms with E-state index >= 15 is 0 Å². The van der Waals surface area contributed by atoms with E-state index in [4.69, 9.17) is 9.47 Å². The molecule has 0 saturated heterocycles. The SMILES string of the molecule is C=CCn1c(SCC(=O)c2ccc(O)cc2)nnc1C1COc2ccccc2O1. The van der Waals surface area contributed by atoms with Gasteiger partial charge in [0.25, 0.3) is 0 Å². The van der Waals surface area contributed by atoms with Crippen molar-refractivity contribution in [2.75, 3.05) is 12.4 Å². The number of aromatic nitrogens is 3. The van der Waals surface area contributed by atoms with Crippen molar-refractivity contribution in [2.45, 2.75) is 17.8 Å². The molecule has 0 bridgehead atoms. The van der Waals surface area contributed by atoms with Gasteiger partial charge in [0.05, 0.1) is 5.75 Å². The number of allylic oxidation sites excluding steroid dienone is 1. The first-order chi connectivity index (χ1) is 14.2. The zero-order chi connectivity index (χ0) is 20.2. The van der Waals surface area contributed by atoms with Crippen LogP contribution < -0.4 is 9.47 Å². The molecule has 1 aromatic heterocycles. The van der Waals surface area contributed by atoms with Crippen molar-refractivity contribution in [3.05, 3.63) is 72.6 Å². The Morgan fingerprint density at radius 3 is 2.72 bits per heavy atom. The molecule has 0 spiro atoms. The number of benzene rings is 2. The lowest BCUT2D eigenvalue weighted by atomic mass is 10.1. The van der Waals surface area contributed by atoms with Crippen LogP contribution in [-0.2, 0) is 6.54 Å². The van der Waals surface area contributed by atoms with Crippen LogP contribution in [0.3, 0.4) is 0 Å². The van der Waals surface area contributed by atoms with Crippen molar-refractivity contribution >= 4 is 17.5 Å². The van der Waals surface area contributed by atoms with Gasteiger partial charge in [0.1, 0.15) is 12.4 Å². The van der Waals surface area contributed by atoms with Crippen molar-refractivity contribution in [1.82, 2.24) is 14.8 Å². The summed E-state index contributed by atoms with van der Waals surface area (Å²) in [5, 5.41) is 18.5. The molecule has 0 amide bonds. The Morgan fingerprint density at radius 1 is 1.21 bits per heavy atom. The van der Waals surface area contributed by atoms with Crippen LogP contribution in [0.2, 0.25) is 0 Å². The van der Waals surface area contributed by atoms with Crippen LogP contribution in [0.25, 0.3) is 0 Å². The number of hydrogen-bond acceptors (Lipinski definition) is 7. The molecule has 2 heterocycles. The summed E-state index contributed by atoms with van der Waals surface area (Å²) in [6.45, 7) is 4.61. The van der Waals surface area contributed by atoms with Crippen LogP contribution in [0, 0.1) is 0 Å². The number of rotatable bonds is 7. The predicted molar refractivity (Wildman–Crippen MR) is 109 cm³/mol. The first-order valence-electron chi connectivity index (χ1n) is 9.03. The molecule has 1 aliphatic rings. The molecule has 8 heteroatoms. The average Bonchev–Trinajstić information content (AvgIpc) is 3.15. The zero-order valence-electron chi connectivity index (χ0n) is 15.5. The number of ketones is 1. The second kappa shape index (κ2) is 8.40. The highest BCUT2D eigenvalue weighted by Crippen LogP contribution is 2.36. The van der Waals surface area contributed by atoms with Crippen LogP contribution >= 0.6 is 11.8 Å². The number of phenolic OH excluding ortho intramolecular Hbond substituents is 1. The maximum Gasteiger partial charge on any atom is 0.192 e. The number of para-hydroxylation sites is 2. The van der Waals surface area contributed by atoms with Gasteiger partial charge in [0.2, 0.25) is 0 Å². The molecule has 29 heavy (non-hydrogen) atoms. The lowest BCUT2D eigenvalue weighted by molar-refractivity contribution is 0.0821. The summed E-state index contributed by atoms with van der Waals surface area (Å²) in [5.74, 6) is 2.25. The van der Waals surface area contributed by atoms with E-state index in [-0.39, 0.29) is 17.3 Å². The molecule has 0 saturated carbocycles. The summed E-state index contributed by atoms with van der Waals surface area (Å²) in [7, 11) is 0. The van der Waals surface area contributed by atoms with Gasteiger partial charge in [-0.2, -0.15) is 0 Å². The molecular weight excluding hydrogens is 390 g/mol. The van der Waals surface area contributed by atoms with Crippen LogP contribution in [0.5, 0.6) is 17.2 Å². The van der Waals surface area contributed by atoms with Crippen molar-refractivity contribution in [2.24, 2.45) is 0 Å². The summed E-state index contributed by atoms with van der Waals surface area (Å²) < 4.78 is 13.7. The molecule has 3 aromatic rings. The Labute approximate surface area is 172 Å². The fraction of sp³-hybridized carbons (Fsp3) is 0.190. The Hall–Kier alpha value is -3.26. The van der Waals surface area contributed by atoms with Gasteiger partial charge in [-0.05, 0) is 36.4 Å². The van der Waals surface area contributed by atoms with E-state index in [1.807, 2.05) is 28.8 Å². The van der Waals surface area contributed by atoms with Crippen molar-refractivity contribution in [3.63, 3.8) is 0 Å². The minimum atomic E-state index is -0.403. The van der Waals surface area contributed by atoms with Gasteiger partial charge in [-0.1, -0.05) is 30.0 Å². The number of Topliss-reactive ketones (excluding diaryl/α,β-unsaturated/α-hetero) is 1. The number of carbonyl (C=O) groups is 1. The van der Waals surface area contributed by atoms with E-state index in [2.05, 4.69) is 16.8 Å². The minimum Gasteiger partial charge on any atom is -0.508 e. The largest absolute Gasteiger partial charge is 0.508 e. The van der Waals surface area contributed by atoms with Crippen LogP contribution in [0.4, 0.5) is 0 Å². The molecule has 1 aliphatic heterocycles. The number of ether oxygens (including phenoxy) is 2. The van der Waals surface area contributed by atoms with Gasteiger partial charge in [-0.15, -0.1) is 16.8 Å². The molecule has 0 radical (unpaired) electrons. The Balaban J connectivity index is 1.50. The minimum absolute atomic E-state index is 0.0594. The number of phenols is 1. The van der Waals surface area contributed by atoms with Crippen molar-refractivity contribution in [1.29, 1.82) is 0 Å². The fourth-order valence-electron chi connectivity index (χ4n) is 2.95. The van der Waals surface area contributed by atoms with E-state index in [9.17, 15) is 9.90 Å². The lowest BCUT2D eigenvalue weighted by Gasteiger charge is -2.26. The molecule has 0 aliphatic carbocycles. The third-order valence-electron chi connectivity index (χ3n) is 4.38. The Kier molecular flexibility index (Phi) is 5.53. The van der Waals surface area contributed by atoms with E-state index in [0.717, 1.165) is 0 Å². The summed E-state index contributed by atoms with van der Waals surface area (Å²) in [5.41, 5.74) is 0.533. The van der Waals surface area contributed by atoms with Gasteiger partial charge < -0.3 is 14.6 Å². The first-order valence-corrected chi connectivity index (χ1v) is 10.0. The molecule has 4 rings (SSSR count). The predicted octanol–water partition coefficient (Wildman–Crippen LogP) is 3.66. The van der Waals surface area contributed by atoms with E-state index in [1.165, 1.54) is 23.9 Å². The van der Waals surface area contributed by atoms with E-state index in [0.29, 0.717) is 41.2 Å². The smallest absolute Gasteiger partial charge is 0.192 e. The van der Waals surface area contributed by atoms with Crippen molar-refractivity contribution in [3.8, 4) is 17.2 Å². The quantitative estimate of drug-likeness (QED) is 0.362. The molecule has 1 unspecified atom stereocenters. The first kappa shape index (κ1) is 19.1. The van der Waals surface area contributed by atoms with Crippen LogP contribution in [0.1, 0.15) is 22.3 Å². The molecule has 2 aromatic carbocycles. The summed E-state index contributed by atoms with van der Waals surface area (Å²) >= 11 is 1.30. The van der Waals surface area contributed by atoms with E-state index in [1.54, 1.807) is 18.2 Å². The lowest BCUT2D eigenvalue weighted by Crippen LogP contribution is -2.25. The van der Waals surface area contributed by atoms with Gasteiger partial charge in [-0.25, -0.2) is 0 Å². The molecule has 1 N–H and O–H groups in total. The highest BCUT2D eigenvalue weighted by molar-refractivity contribution is 7.99. The zero-order valence-corrected chi connectivity index (χ0v) is 16.3. The highest BCUT2D eigenvalue weighted by atomic mass is 32.2. The Bertz CT molecular complexity index is 1030. The van der Waals surface area contributed by atoms with Gasteiger partial charge in [0, 0.05) is 12.1 Å². The third kappa shape index (κ3) is 4.12. The number of aromatic hydroxyl groups is 1. The van der Waals surface area contributed by atoms with Gasteiger partial charge in [-0.3, -0.25) is 9.36 Å². The fourth-order valence-corrected chi connectivity index (χ4v) is 3.80. The second-order valence-electron chi connectivity index (χ2n) is 6.36. The third-order valence-corrected chi connectivity index (χ3v) is 5.34. The number of fused-ring (bicyclic) bond motifs is 1. The number of carbonyl (C=O) groups excluding carboxylic acids is 1. The Morgan fingerprint density at radius 2 is 1.97 bits per heavy atom. The van der Waals surface area contributed by atoms with Crippen LogP contribution in [0.15, 0.2) is 66.3 Å². The molecule has 1 atom stereocenters. The van der Waals surface area contributed by atoms with Crippen LogP contribution in [-0.4, -0.2) is 38.0 Å². The maximum atomic E-state index is 12.4. The van der Waals surface area contributed by atoms with E-state index < -0.39 is 6.10 Å². The molecule has 0 fully saturated rings. The summed E-state index contributed by atoms with van der Waals surface area (Å²) in [4.78, 5) is 12.4. The standard InChI is InChI=1S/C21H19N3O4S/c1-2-11-24-20(19-12-27-17-5-3-4-6-18(17)28-19)22-23-21(24)29-13-16(26)14-7-9-15(25)10-8-14/h2-10,19,25H,1,11-13H2. The maximum absolute atomic E-state index is 12.4. The summed E-state index contributed by atoms with van der Waals surface area (Å²) in [6.07, 6.45) is 1.34. The molecular formula is C21H19N3O4S. The molecule has 7 nitrogen and oxygen atoms in total. The second-order valence-corrected chi connectivity index (χ2v) is 7.31. The number of hydrogen-bond donors (Lipinski definition) is 1. The van der Waals surface area contributed by atoms with Crippen molar-refractivity contribution < 1.29 is 19.4 Å². The topological polar surface area (TPSA) is 86.5 Å². The monoisotopic (exact) mass is 409 g/mol. The molecule has 148 valence electrons. The highest BCUT2D eigenvalue weighted by Gasteiger charge is 2.28. The van der Waals surface area contributed by atoms with Gasteiger partial charge in [0.15, 0.2) is 34.4 Å². The van der Waals surface area contributed by atoms with Gasteiger partial charge >= 0.3 is 0 Å².